The number of hydrogen-bond donors (Lipinski definition) is 2. The number of hydrogen-bond acceptors (Lipinski definition) is 2. The zero-order valence-corrected chi connectivity index (χ0v) is 27.2. The van der Waals surface area contributed by atoms with Crippen LogP contribution >= 0.6 is 0 Å². The van der Waals surface area contributed by atoms with Gasteiger partial charge in [-0.05, 0) is 122 Å². The summed E-state index contributed by atoms with van der Waals surface area (Å²) in [7, 11) is 0. The molecule has 2 N–H and O–H groups in total. The zero-order chi connectivity index (χ0) is 29.6. The van der Waals surface area contributed by atoms with Crippen LogP contribution in [0, 0.1) is 5.41 Å². The van der Waals surface area contributed by atoms with Gasteiger partial charge < -0.3 is 9.97 Å². The summed E-state index contributed by atoms with van der Waals surface area (Å²) >= 11 is 0. The third-order valence-corrected chi connectivity index (χ3v) is 9.71. The van der Waals surface area contributed by atoms with Gasteiger partial charge in [0.2, 0.25) is 0 Å². The van der Waals surface area contributed by atoms with Crippen LogP contribution in [0.3, 0.4) is 0 Å². The minimum Gasteiger partial charge on any atom is -0.353 e. The van der Waals surface area contributed by atoms with Crippen LogP contribution in [-0.2, 0) is 25.7 Å². The molecular formula is C37H50N4. The lowest BCUT2D eigenvalue weighted by atomic mass is 9.74. The number of nitrogens with zero attached hydrogens (tertiary/aromatic N) is 2. The zero-order valence-electron chi connectivity index (χ0n) is 27.2. The number of H-pyrrole nitrogens is 2. The molecule has 0 fully saturated rings. The van der Waals surface area contributed by atoms with E-state index in [-0.39, 0.29) is 5.41 Å². The van der Waals surface area contributed by atoms with Gasteiger partial charge in [-0.3, -0.25) is 9.98 Å². The molecule has 0 amide bonds. The summed E-state index contributed by atoms with van der Waals surface area (Å²) in [5.74, 6) is 0. The van der Waals surface area contributed by atoms with Gasteiger partial charge in [-0.2, -0.15) is 0 Å². The first kappa shape index (κ1) is 29.4. The predicted molar refractivity (Wildman–Crippen MR) is 178 cm³/mol. The molecular weight excluding hydrogens is 500 g/mol. The van der Waals surface area contributed by atoms with Gasteiger partial charge in [0.25, 0.3) is 0 Å². The summed E-state index contributed by atoms with van der Waals surface area (Å²) in [6.07, 6.45) is 12.6. The Bertz CT molecular complexity index is 1450. The van der Waals surface area contributed by atoms with Crippen molar-refractivity contribution < 1.29 is 0 Å². The Kier molecular flexibility index (Phi) is 8.07. The summed E-state index contributed by atoms with van der Waals surface area (Å²) in [5.41, 5.74) is 20.5. The number of fused-ring (bicyclic) bond motifs is 7. The SMILES string of the molecule is CCC1=C(CC)/C2=C/c3[nH]c(c(CC)c3CC)-c3[nH]c(c(CC)c3CC)/C=C3\N=C(C(CC)=C3CC)C(C)(C)C1=N2. The van der Waals surface area contributed by atoms with Crippen molar-refractivity contribution in [1.29, 1.82) is 0 Å². The van der Waals surface area contributed by atoms with Crippen molar-refractivity contribution >= 4 is 23.6 Å². The lowest BCUT2D eigenvalue weighted by molar-refractivity contribution is 0.721. The lowest BCUT2D eigenvalue weighted by Crippen LogP contribution is -2.34. The average molecular weight is 551 g/mol. The molecule has 0 aliphatic carbocycles. The van der Waals surface area contributed by atoms with Crippen molar-refractivity contribution in [3.63, 3.8) is 0 Å². The predicted octanol–water partition coefficient (Wildman–Crippen LogP) is 10.1. The molecule has 0 aromatic carbocycles. The fraction of sp³-hybridized carbons (Fsp3) is 0.514. The minimum atomic E-state index is -0.297. The Labute approximate surface area is 248 Å². The first-order valence-corrected chi connectivity index (χ1v) is 16.3. The van der Waals surface area contributed by atoms with Crippen LogP contribution in [0.2, 0.25) is 0 Å². The van der Waals surface area contributed by atoms with Crippen LogP contribution in [0.15, 0.2) is 43.7 Å². The van der Waals surface area contributed by atoms with Gasteiger partial charge in [-0.1, -0.05) is 55.4 Å². The smallest absolute Gasteiger partial charge is 0.0689 e. The fourth-order valence-electron chi connectivity index (χ4n) is 7.77. The summed E-state index contributed by atoms with van der Waals surface area (Å²) in [5, 5.41) is 0. The van der Waals surface area contributed by atoms with E-state index in [0.29, 0.717) is 0 Å². The molecule has 0 spiro atoms. The van der Waals surface area contributed by atoms with E-state index in [0.717, 1.165) is 62.8 Å². The third-order valence-electron chi connectivity index (χ3n) is 9.71. The van der Waals surface area contributed by atoms with E-state index in [4.69, 9.17) is 9.98 Å². The van der Waals surface area contributed by atoms with E-state index in [2.05, 4.69) is 91.4 Å². The Balaban J connectivity index is 1.95. The minimum absolute atomic E-state index is 0.297. The maximum atomic E-state index is 5.48. The molecule has 0 saturated carbocycles. The largest absolute Gasteiger partial charge is 0.353 e. The van der Waals surface area contributed by atoms with E-state index in [9.17, 15) is 0 Å². The molecule has 0 radical (unpaired) electrons. The van der Waals surface area contributed by atoms with E-state index in [1.807, 2.05) is 0 Å². The Morgan fingerprint density at radius 2 is 0.829 bits per heavy atom. The van der Waals surface area contributed by atoms with Gasteiger partial charge in [-0.25, -0.2) is 0 Å². The van der Waals surface area contributed by atoms with Gasteiger partial charge in [0.05, 0.1) is 34.2 Å². The molecule has 4 heteroatoms. The van der Waals surface area contributed by atoms with Crippen molar-refractivity contribution in [3.8, 4) is 11.4 Å². The van der Waals surface area contributed by atoms with Gasteiger partial charge in [0.15, 0.2) is 0 Å². The highest BCUT2D eigenvalue weighted by atomic mass is 14.9. The second kappa shape index (κ2) is 11.3. The Hall–Kier alpha value is -3.14. The van der Waals surface area contributed by atoms with E-state index in [1.54, 1.807) is 0 Å². The van der Waals surface area contributed by atoms with Gasteiger partial charge >= 0.3 is 0 Å². The highest BCUT2D eigenvalue weighted by Gasteiger charge is 2.41. The molecule has 5 heterocycles. The van der Waals surface area contributed by atoms with Crippen LogP contribution in [0.4, 0.5) is 0 Å². The highest BCUT2D eigenvalue weighted by molar-refractivity contribution is 6.26. The number of aliphatic imine (C=N–C) groups is 2. The molecule has 4 nitrogen and oxygen atoms in total. The van der Waals surface area contributed by atoms with Crippen LogP contribution in [0.1, 0.15) is 129 Å². The number of aromatic nitrogens is 2. The first-order chi connectivity index (χ1) is 19.7. The Morgan fingerprint density at radius 1 is 0.488 bits per heavy atom. The molecule has 2 aromatic heterocycles. The molecule has 8 bridgehead atoms. The van der Waals surface area contributed by atoms with Crippen molar-refractivity contribution in [2.75, 3.05) is 0 Å². The number of nitrogens with one attached hydrogen (secondary N) is 2. The second-order valence-electron chi connectivity index (χ2n) is 12.1. The number of aromatic amines is 2. The Morgan fingerprint density at radius 3 is 1.12 bits per heavy atom. The molecule has 3 aliphatic heterocycles. The van der Waals surface area contributed by atoms with Crippen molar-refractivity contribution in [1.82, 2.24) is 9.97 Å². The lowest BCUT2D eigenvalue weighted by Gasteiger charge is -2.28. The van der Waals surface area contributed by atoms with Crippen LogP contribution in [0.25, 0.3) is 23.5 Å². The van der Waals surface area contributed by atoms with Gasteiger partial charge in [0.1, 0.15) is 0 Å². The van der Waals surface area contributed by atoms with Crippen LogP contribution in [0.5, 0.6) is 0 Å². The highest BCUT2D eigenvalue weighted by Crippen LogP contribution is 2.45. The molecule has 0 saturated heterocycles. The van der Waals surface area contributed by atoms with Crippen molar-refractivity contribution in [3.05, 3.63) is 67.3 Å². The normalized spacial score (nSPS) is 20.4. The summed E-state index contributed by atoms with van der Waals surface area (Å²) < 4.78 is 0. The molecule has 5 rings (SSSR count). The quantitative estimate of drug-likeness (QED) is 0.328. The molecule has 218 valence electrons. The topological polar surface area (TPSA) is 56.3 Å². The van der Waals surface area contributed by atoms with E-state index < -0.39 is 0 Å². The maximum absolute atomic E-state index is 5.48. The monoisotopic (exact) mass is 550 g/mol. The summed E-state index contributed by atoms with van der Waals surface area (Å²) in [6.45, 7) is 23.0. The van der Waals surface area contributed by atoms with Crippen LogP contribution in [-0.4, -0.2) is 21.4 Å². The van der Waals surface area contributed by atoms with Crippen molar-refractivity contribution in [2.45, 2.75) is 121 Å². The summed E-state index contributed by atoms with van der Waals surface area (Å²) in [4.78, 5) is 18.8. The second-order valence-corrected chi connectivity index (χ2v) is 12.1. The van der Waals surface area contributed by atoms with Gasteiger partial charge in [0, 0.05) is 16.8 Å². The molecule has 2 aromatic rings. The van der Waals surface area contributed by atoms with Gasteiger partial charge in [-0.15, -0.1) is 0 Å². The molecule has 3 aliphatic rings. The summed E-state index contributed by atoms with van der Waals surface area (Å²) in [6, 6.07) is 0. The standard InChI is InChI=1S/C37H50N4/c1-11-21-25(15-5)33-34-26(16-6)22(12-2)30(39-34)20-32-24(14-4)28(18-8)36(41-32)37(9,10)35-27(17-7)23(13-3)31(40-35)19-29(21)38-33/h19-20,38-39H,11-18H2,1-10H3/b31-19-,32-20-. The van der Waals surface area contributed by atoms with E-state index in [1.165, 1.54) is 78.7 Å². The molecule has 0 atom stereocenters. The fourth-order valence-corrected chi connectivity index (χ4v) is 7.77. The maximum Gasteiger partial charge on any atom is 0.0689 e. The molecule has 41 heavy (non-hydrogen) atoms. The number of allylic oxidation sites excluding steroid dienone is 4. The van der Waals surface area contributed by atoms with Crippen molar-refractivity contribution in [2.24, 2.45) is 15.4 Å². The van der Waals surface area contributed by atoms with E-state index >= 15 is 0 Å². The third kappa shape index (κ3) is 4.40. The molecule has 0 unspecified atom stereocenters. The average Bonchev–Trinajstić information content (AvgIpc) is 3.71. The number of rotatable bonds is 8. The first-order valence-electron chi connectivity index (χ1n) is 16.3. The van der Waals surface area contributed by atoms with Crippen LogP contribution < -0.4 is 0 Å².